The summed E-state index contributed by atoms with van der Waals surface area (Å²) in [6, 6.07) is 0.788. The topological polar surface area (TPSA) is 42.3 Å². The highest BCUT2D eigenvalue weighted by Crippen LogP contribution is 2.22. The highest BCUT2D eigenvalue weighted by Gasteiger charge is 2.19. The maximum atomic E-state index is 5.35. The summed E-state index contributed by atoms with van der Waals surface area (Å²) >= 11 is 0. The van der Waals surface area contributed by atoms with E-state index in [1.165, 1.54) is 25.7 Å². The van der Waals surface area contributed by atoms with Crippen molar-refractivity contribution in [2.45, 2.75) is 51.6 Å². The van der Waals surface area contributed by atoms with Crippen molar-refractivity contribution in [3.8, 4) is 0 Å². The molecule has 0 aliphatic heterocycles. The Labute approximate surface area is 128 Å². The Balaban J connectivity index is 1.69. The summed E-state index contributed by atoms with van der Waals surface area (Å²) in [6.07, 6.45) is 10.5. The van der Waals surface area contributed by atoms with Crippen LogP contribution in [0.5, 0.6) is 0 Å². The quantitative estimate of drug-likeness (QED) is 0.674. The summed E-state index contributed by atoms with van der Waals surface area (Å²) in [5, 5.41) is 3.40. The molecule has 1 aliphatic carbocycles. The molecule has 0 amide bonds. The fraction of sp³-hybridized carbons (Fsp3) is 0.812. The molecule has 1 N–H and O–H groups in total. The van der Waals surface area contributed by atoms with Crippen LogP contribution in [0.4, 0.5) is 5.95 Å². The van der Waals surface area contributed by atoms with Gasteiger partial charge in [-0.2, -0.15) is 0 Å². The van der Waals surface area contributed by atoms with Crippen LogP contribution < -0.4 is 5.32 Å². The van der Waals surface area contributed by atoms with Crippen molar-refractivity contribution >= 4 is 5.95 Å². The van der Waals surface area contributed by atoms with E-state index in [1.807, 2.05) is 13.1 Å². The zero-order valence-corrected chi connectivity index (χ0v) is 13.6. The molecule has 0 saturated heterocycles. The van der Waals surface area contributed by atoms with E-state index in [-0.39, 0.29) is 0 Å². The molecule has 0 spiro atoms. The molecule has 0 bridgehead atoms. The van der Waals surface area contributed by atoms with E-state index < -0.39 is 0 Å². The summed E-state index contributed by atoms with van der Waals surface area (Å²) in [7, 11) is 2.25. The SMILES string of the molecule is CCOCCCNc1nccn1CCN(C)C1CCCC1. The van der Waals surface area contributed by atoms with Crippen molar-refractivity contribution in [3.63, 3.8) is 0 Å². The maximum Gasteiger partial charge on any atom is 0.202 e. The standard InChI is InChI=1S/C16H30N4O/c1-3-21-14-6-9-17-16-18-10-11-20(16)13-12-19(2)15-7-4-5-8-15/h10-11,15H,3-9,12-14H2,1-2H3,(H,17,18). The highest BCUT2D eigenvalue weighted by molar-refractivity contribution is 5.25. The van der Waals surface area contributed by atoms with Gasteiger partial charge in [-0.25, -0.2) is 4.98 Å². The van der Waals surface area contributed by atoms with Gasteiger partial charge in [0.15, 0.2) is 0 Å². The van der Waals surface area contributed by atoms with E-state index in [0.29, 0.717) is 0 Å². The van der Waals surface area contributed by atoms with Gasteiger partial charge in [0.25, 0.3) is 0 Å². The summed E-state index contributed by atoms with van der Waals surface area (Å²) in [5.74, 6) is 0.978. The third-order valence-electron chi connectivity index (χ3n) is 4.31. The Kier molecular flexibility index (Phi) is 7.03. The molecule has 21 heavy (non-hydrogen) atoms. The maximum absolute atomic E-state index is 5.35. The number of hydrogen-bond acceptors (Lipinski definition) is 4. The summed E-state index contributed by atoms with van der Waals surface area (Å²) in [4.78, 5) is 6.91. The molecule has 0 unspecified atom stereocenters. The molecule has 1 heterocycles. The van der Waals surface area contributed by atoms with Gasteiger partial charge < -0.3 is 19.5 Å². The second-order valence-corrected chi connectivity index (χ2v) is 5.84. The Morgan fingerprint density at radius 2 is 2.24 bits per heavy atom. The smallest absolute Gasteiger partial charge is 0.202 e. The Hall–Kier alpha value is -1.07. The van der Waals surface area contributed by atoms with Gasteiger partial charge in [0, 0.05) is 51.3 Å². The van der Waals surface area contributed by atoms with Crippen LogP contribution in [0.15, 0.2) is 12.4 Å². The molecule has 1 aromatic heterocycles. The minimum Gasteiger partial charge on any atom is -0.382 e. The van der Waals surface area contributed by atoms with Gasteiger partial charge in [0.2, 0.25) is 5.95 Å². The Bertz CT molecular complexity index is 387. The van der Waals surface area contributed by atoms with Crippen LogP contribution in [-0.2, 0) is 11.3 Å². The molecule has 1 aromatic rings. The van der Waals surface area contributed by atoms with Gasteiger partial charge in [-0.05, 0) is 33.2 Å². The number of aromatic nitrogens is 2. The second kappa shape index (κ2) is 9.05. The van der Waals surface area contributed by atoms with Crippen molar-refractivity contribution in [3.05, 3.63) is 12.4 Å². The van der Waals surface area contributed by atoms with Gasteiger partial charge in [-0.3, -0.25) is 0 Å². The average molecular weight is 294 g/mol. The lowest BCUT2D eigenvalue weighted by Crippen LogP contribution is -2.32. The molecule has 0 aromatic carbocycles. The summed E-state index contributed by atoms with van der Waals surface area (Å²) < 4.78 is 7.56. The number of anilines is 1. The average Bonchev–Trinajstić information content (AvgIpc) is 3.16. The first-order valence-corrected chi connectivity index (χ1v) is 8.34. The molecule has 5 nitrogen and oxygen atoms in total. The first kappa shape index (κ1) is 16.3. The van der Waals surface area contributed by atoms with Gasteiger partial charge in [-0.1, -0.05) is 12.8 Å². The monoisotopic (exact) mass is 294 g/mol. The van der Waals surface area contributed by atoms with Gasteiger partial charge >= 0.3 is 0 Å². The minimum absolute atomic E-state index is 0.788. The fourth-order valence-corrected chi connectivity index (χ4v) is 2.97. The first-order valence-electron chi connectivity index (χ1n) is 8.34. The molecule has 1 saturated carbocycles. The van der Waals surface area contributed by atoms with Gasteiger partial charge in [0.05, 0.1) is 0 Å². The molecule has 1 aliphatic rings. The van der Waals surface area contributed by atoms with E-state index in [0.717, 1.165) is 51.3 Å². The summed E-state index contributed by atoms with van der Waals surface area (Å²) in [6.45, 7) is 6.64. The third-order valence-corrected chi connectivity index (χ3v) is 4.31. The molecule has 120 valence electrons. The number of rotatable bonds is 10. The Morgan fingerprint density at radius 3 is 3.00 bits per heavy atom. The Morgan fingerprint density at radius 1 is 1.43 bits per heavy atom. The number of nitrogens with zero attached hydrogens (tertiary/aromatic N) is 3. The van der Waals surface area contributed by atoms with Crippen LogP contribution in [0, 0.1) is 0 Å². The van der Waals surface area contributed by atoms with Crippen molar-refractivity contribution < 1.29 is 4.74 Å². The van der Waals surface area contributed by atoms with E-state index in [2.05, 4.69) is 33.0 Å². The van der Waals surface area contributed by atoms with Crippen molar-refractivity contribution in [2.75, 3.05) is 38.7 Å². The van der Waals surface area contributed by atoms with Gasteiger partial charge in [0.1, 0.15) is 0 Å². The lowest BCUT2D eigenvalue weighted by Gasteiger charge is -2.24. The van der Waals surface area contributed by atoms with Gasteiger partial charge in [-0.15, -0.1) is 0 Å². The lowest BCUT2D eigenvalue weighted by molar-refractivity contribution is 0.147. The summed E-state index contributed by atoms with van der Waals surface area (Å²) in [5.41, 5.74) is 0. The van der Waals surface area contributed by atoms with Crippen LogP contribution in [0.25, 0.3) is 0 Å². The van der Waals surface area contributed by atoms with E-state index in [9.17, 15) is 0 Å². The molecular weight excluding hydrogens is 264 g/mol. The number of likely N-dealkylation sites (N-methyl/N-ethyl adjacent to an activating group) is 1. The molecular formula is C16H30N4O. The minimum atomic E-state index is 0.788. The fourth-order valence-electron chi connectivity index (χ4n) is 2.97. The van der Waals surface area contributed by atoms with Crippen LogP contribution >= 0.6 is 0 Å². The van der Waals surface area contributed by atoms with Crippen LogP contribution in [0.2, 0.25) is 0 Å². The second-order valence-electron chi connectivity index (χ2n) is 5.84. The number of ether oxygens (including phenoxy) is 1. The van der Waals surface area contributed by atoms with Crippen molar-refractivity contribution in [2.24, 2.45) is 0 Å². The zero-order valence-electron chi connectivity index (χ0n) is 13.6. The molecule has 2 rings (SSSR count). The van der Waals surface area contributed by atoms with Crippen molar-refractivity contribution in [1.82, 2.24) is 14.5 Å². The predicted octanol–water partition coefficient (Wildman–Crippen LogP) is 2.60. The van der Waals surface area contributed by atoms with Crippen LogP contribution in [0.1, 0.15) is 39.0 Å². The highest BCUT2D eigenvalue weighted by atomic mass is 16.5. The number of nitrogens with one attached hydrogen (secondary N) is 1. The number of imidazole rings is 1. The van der Waals surface area contributed by atoms with Crippen LogP contribution in [0.3, 0.4) is 0 Å². The predicted molar refractivity (Wildman–Crippen MR) is 86.7 cm³/mol. The zero-order chi connectivity index (χ0) is 14.9. The normalized spacial score (nSPS) is 16.0. The van der Waals surface area contributed by atoms with E-state index in [1.54, 1.807) is 0 Å². The third kappa shape index (κ3) is 5.32. The molecule has 1 fully saturated rings. The largest absolute Gasteiger partial charge is 0.382 e. The lowest BCUT2D eigenvalue weighted by atomic mass is 10.2. The van der Waals surface area contributed by atoms with Crippen LogP contribution in [-0.4, -0.2) is 53.8 Å². The first-order chi connectivity index (χ1) is 10.3. The van der Waals surface area contributed by atoms with Crippen molar-refractivity contribution in [1.29, 1.82) is 0 Å². The molecule has 5 heteroatoms. The molecule has 0 radical (unpaired) electrons. The van der Waals surface area contributed by atoms with E-state index >= 15 is 0 Å². The van der Waals surface area contributed by atoms with E-state index in [4.69, 9.17) is 4.74 Å². The number of hydrogen-bond donors (Lipinski definition) is 1. The molecule has 0 atom stereocenters.